The molecule has 0 spiro atoms. The Bertz CT molecular complexity index is 918. The summed E-state index contributed by atoms with van der Waals surface area (Å²) in [6.07, 6.45) is 0. The molecule has 0 atom stereocenters. The Morgan fingerprint density at radius 3 is 2.29 bits per heavy atom. The van der Waals surface area contributed by atoms with Gasteiger partial charge in [-0.25, -0.2) is 4.39 Å². The lowest BCUT2D eigenvalue weighted by Crippen LogP contribution is -2.02. The Balaban J connectivity index is 1.99. The molecule has 1 N–H and O–H groups in total. The predicted octanol–water partition coefficient (Wildman–Crippen LogP) is 5.42. The van der Waals surface area contributed by atoms with Crippen molar-refractivity contribution >= 4 is 17.1 Å². The van der Waals surface area contributed by atoms with Crippen molar-refractivity contribution in [1.82, 2.24) is 0 Å². The zero-order valence-electron chi connectivity index (χ0n) is 13.7. The van der Waals surface area contributed by atoms with E-state index in [0.717, 1.165) is 27.1 Å². The molecule has 0 saturated carbocycles. The number of carbonyl (C=O) groups is 1. The Labute approximate surface area is 144 Å². The lowest BCUT2D eigenvalue weighted by molar-refractivity contribution is 0.104. The van der Waals surface area contributed by atoms with E-state index in [4.69, 9.17) is 0 Å². The second-order valence-electron chi connectivity index (χ2n) is 5.91. The molecule has 0 aliphatic carbocycles. The molecule has 24 heavy (non-hydrogen) atoms. The highest BCUT2D eigenvalue weighted by atomic mass is 32.1. The minimum absolute atomic E-state index is 0.171. The third-order valence-corrected chi connectivity index (χ3v) is 5.18. The predicted molar refractivity (Wildman–Crippen MR) is 95.5 cm³/mol. The second-order valence-corrected chi connectivity index (χ2v) is 6.99. The number of ketones is 1. The first kappa shape index (κ1) is 16.4. The summed E-state index contributed by atoms with van der Waals surface area (Å²) >= 11 is 1.37. The highest BCUT2D eigenvalue weighted by molar-refractivity contribution is 7.17. The maximum absolute atomic E-state index is 13.4. The number of aromatic hydroxyl groups is 1. The van der Waals surface area contributed by atoms with Gasteiger partial charge in [-0.3, -0.25) is 4.79 Å². The lowest BCUT2D eigenvalue weighted by atomic mass is 10.0. The minimum atomic E-state index is -0.412. The average Bonchev–Trinajstić information content (AvgIpc) is 3.03. The van der Waals surface area contributed by atoms with E-state index >= 15 is 0 Å². The monoisotopic (exact) mass is 340 g/mol. The summed E-state index contributed by atoms with van der Waals surface area (Å²) in [5.74, 6) is -0.289. The van der Waals surface area contributed by atoms with Crippen molar-refractivity contribution in [2.75, 3.05) is 0 Å². The summed E-state index contributed by atoms with van der Waals surface area (Å²) in [5, 5.41) is 9.89. The van der Waals surface area contributed by atoms with Crippen LogP contribution in [-0.4, -0.2) is 10.9 Å². The topological polar surface area (TPSA) is 37.3 Å². The molecule has 2 nitrogen and oxygen atoms in total. The first-order valence-corrected chi connectivity index (χ1v) is 8.39. The average molecular weight is 340 g/mol. The number of halogens is 1. The van der Waals surface area contributed by atoms with Crippen molar-refractivity contribution in [3.8, 4) is 16.2 Å². The molecule has 0 fully saturated rings. The van der Waals surface area contributed by atoms with E-state index in [2.05, 4.69) is 0 Å². The number of rotatable bonds is 3. The van der Waals surface area contributed by atoms with Crippen LogP contribution in [0, 0.1) is 26.6 Å². The number of hydrogen-bond acceptors (Lipinski definition) is 3. The van der Waals surface area contributed by atoms with Crippen molar-refractivity contribution in [3.05, 3.63) is 75.4 Å². The fourth-order valence-corrected chi connectivity index (χ4v) is 3.63. The molecule has 0 amide bonds. The van der Waals surface area contributed by atoms with Gasteiger partial charge >= 0.3 is 0 Å². The van der Waals surface area contributed by atoms with Gasteiger partial charge in [-0.15, -0.1) is 11.3 Å². The molecule has 0 bridgehead atoms. The number of aryl methyl sites for hydroxylation is 3. The van der Waals surface area contributed by atoms with Gasteiger partial charge in [-0.2, -0.15) is 0 Å². The van der Waals surface area contributed by atoms with Crippen molar-refractivity contribution in [2.45, 2.75) is 20.8 Å². The molecule has 1 heterocycles. The van der Waals surface area contributed by atoms with Crippen LogP contribution in [0.1, 0.15) is 31.9 Å². The van der Waals surface area contributed by atoms with Crippen molar-refractivity contribution in [2.24, 2.45) is 0 Å². The standard InChI is InChI=1S/C20H17FO2S/c1-11-4-5-15(21)10-16(11)20(23)18-7-6-17(24-18)14-8-12(2)19(22)13(3)9-14/h4-10,22H,1-3H3. The third kappa shape index (κ3) is 2.97. The van der Waals surface area contributed by atoms with E-state index in [9.17, 15) is 14.3 Å². The maximum Gasteiger partial charge on any atom is 0.203 e. The quantitative estimate of drug-likeness (QED) is 0.647. The molecule has 0 saturated heterocycles. The molecule has 0 unspecified atom stereocenters. The highest BCUT2D eigenvalue weighted by Gasteiger charge is 2.16. The van der Waals surface area contributed by atoms with E-state index in [0.29, 0.717) is 16.2 Å². The van der Waals surface area contributed by atoms with Crippen molar-refractivity contribution in [3.63, 3.8) is 0 Å². The summed E-state index contributed by atoms with van der Waals surface area (Å²) in [4.78, 5) is 14.2. The van der Waals surface area contributed by atoms with Crippen LogP contribution in [-0.2, 0) is 0 Å². The molecule has 3 aromatic rings. The smallest absolute Gasteiger partial charge is 0.203 e. The number of benzene rings is 2. The Morgan fingerprint density at radius 1 is 0.958 bits per heavy atom. The third-order valence-electron chi connectivity index (χ3n) is 4.05. The van der Waals surface area contributed by atoms with Crippen LogP contribution in [0.3, 0.4) is 0 Å². The van der Waals surface area contributed by atoms with Gasteiger partial charge in [0.2, 0.25) is 5.78 Å². The molecular formula is C20H17FO2S. The molecule has 0 aliphatic rings. The van der Waals surface area contributed by atoms with Gasteiger partial charge in [-0.05, 0) is 79.4 Å². The van der Waals surface area contributed by atoms with Gasteiger partial charge in [0.05, 0.1) is 4.88 Å². The van der Waals surface area contributed by atoms with Gasteiger partial charge in [0.1, 0.15) is 11.6 Å². The second kappa shape index (κ2) is 6.21. The van der Waals surface area contributed by atoms with Crippen LogP contribution in [0.25, 0.3) is 10.4 Å². The van der Waals surface area contributed by atoms with Gasteiger partial charge in [-0.1, -0.05) is 6.07 Å². The zero-order chi connectivity index (χ0) is 17.4. The fraction of sp³-hybridized carbons (Fsp3) is 0.150. The molecule has 1 aromatic heterocycles. The summed E-state index contributed by atoms with van der Waals surface area (Å²) < 4.78 is 13.4. The van der Waals surface area contributed by atoms with E-state index in [1.807, 2.05) is 32.0 Å². The number of carbonyl (C=O) groups excluding carboxylic acids is 1. The molecule has 3 rings (SSSR count). The van der Waals surface area contributed by atoms with Gasteiger partial charge < -0.3 is 5.11 Å². The van der Waals surface area contributed by atoms with Crippen molar-refractivity contribution < 1.29 is 14.3 Å². The summed E-state index contributed by atoms with van der Waals surface area (Å²) in [7, 11) is 0. The molecule has 4 heteroatoms. The number of thiophene rings is 1. The van der Waals surface area contributed by atoms with Crippen LogP contribution in [0.4, 0.5) is 4.39 Å². The molecular weight excluding hydrogens is 323 g/mol. The SMILES string of the molecule is Cc1ccc(F)cc1C(=O)c1ccc(-c2cc(C)c(O)c(C)c2)s1. The maximum atomic E-state index is 13.4. The fourth-order valence-electron chi connectivity index (χ4n) is 2.68. The highest BCUT2D eigenvalue weighted by Crippen LogP contribution is 2.34. The lowest BCUT2D eigenvalue weighted by Gasteiger charge is -2.06. The largest absolute Gasteiger partial charge is 0.507 e. The molecule has 2 aromatic carbocycles. The number of phenols is 1. The molecule has 0 aliphatic heterocycles. The first-order valence-electron chi connectivity index (χ1n) is 7.58. The Morgan fingerprint density at radius 2 is 1.62 bits per heavy atom. The van der Waals surface area contributed by atoms with Gasteiger partial charge in [0, 0.05) is 10.4 Å². The summed E-state index contributed by atoms with van der Waals surface area (Å²) in [5.41, 5.74) is 3.71. The van der Waals surface area contributed by atoms with E-state index in [-0.39, 0.29) is 5.78 Å². The van der Waals surface area contributed by atoms with E-state index in [1.54, 1.807) is 19.1 Å². The van der Waals surface area contributed by atoms with Crippen LogP contribution in [0.5, 0.6) is 5.75 Å². The van der Waals surface area contributed by atoms with E-state index < -0.39 is 5.82 Å². The van der Waals surface area contributed by atoms with Crippen LogP contribution in [0.2, 0.25) is 0 Å². The van der Waals surface area contributed by atoms with Crippen LogP contribution in [0.15, 0.2) is 42.5 Å². The van der Waals surface area contributed by atoms with Crippen LogP contribution >= 0.6 is 11.3 Å². The van der Waals surface area contributed by atoms with Gasteiger partial charge in [0.15, 0.2) is 0 Å². The number of phenolic OH excluding ortho intramolecular Hbond substituents is 1. The molecule has 122 valence electrons. The van der Waals surface area contributed by atoms with Gasteiger partial charge in [0.25, 0.3) is 0 Å². The number of hydrogen-bond donors (Lipinski definition) is 1. The normalized spacial score (nSPS) is 10.8. The first-order chi connectivity index (χ1) is 11.4. The summed E-state index contributed by atoms with van der Waals surface area (Å²) in [6, 6.07) is 11.7. The molecule has 0 radical (unpaired) electrons. The van der Waals surface area contributed by atoms with Crippen molar-refractivity contribution in [1.29, 1.82) is 0 Å². The van der Waals surface area contributed by atoms with Crippen LogP contribution < -0.4 is 0 Å². The summed E-state index contributed by atoms with van der Waals surface area (Å²) in [6.45, 7) is 5.50. The zero-order valence-corrected chi connectivity index (χ0v) is 14.5. The Hall–Kier alpha value is -2.46. The minimum Gasteiger partial charge on any atom is -0.507 e. The van der Waals surface area contributed by atoms with E-state index in [1.165, 1.54) is 23.5 Å². The Kier molecular flexibility index (Phi) is 4.24.